The van der Waals surface area contributed by atoms with Gasteiger partial charge >= 0.3 is 0 Å². The third-order valence-corrected chi connectivity index (χ3v) is 5.20. The van der Waals surface area contributed by atoms with E-state index in [4.69, 9.17) is 4.98 Å². The molecule has 3 nitrogen and oxygen atoms in total. The number of nitrogens with one attached hydrogen (secondary N) is 1. The molecule has 0 unspecified atom stereocenters. The molecule has 0 radical (unpaired) electrons. The van der Waals surface area contributed by atoms with Crippen LogP contribution < -0.4 is 5.56 Å². The molecular weight excluding hydrogens is 396 g/mol. The largest absolute Gasteiger partial charge is 0.309 e. The van der Waals surface area contributed by atoms with Crippen molar-refractivity contribution in [1.29, 1.82) is 0 Å². The van der Waals surface area contributed by atoms with Crippen LogP contribution in [0.1, 0.15) is 48.7 Å². The molecule has 2 aromatic rings. The number of aromatic nitrogens is 2. The molecule has 5 heteroatoms. The SMILES string of the molecule is O=c1[nH]c(Cc2cccc(Br)c2)nc(C2CCCC2)c1Br. The molecule has 1 saturated carbocycles. The second kappa shape index (κ2) is 6.44. The maximum absolute atomic E-state index is 12.1. The van der Waals surface area contributed by atoms with Gasteiger partial charge in [-0.25, -0.2) is 4.98 Å². The molecule has 1 fully saturated rings. The van der Waals surface area contributed by atoms with Crippen LogP contribution in [0.3, 0.4) is 0 Å². The fourth-order valence-electron chi connectivity index (χ4n) is 2.92. The van der Waals surface area contributed by atoms with Crippen molar-refractivity contribution in [1.82, 2.24) is 9.97 Å². The van der Waals surface area contributed by atoms with Gasteiger partial charge in [0.05, 0.1) is 5.69 Å². The molecule has 0 bridgehead atoms. The predicted molar refractivity (Wildman–Crippen MR) is 90.7 cm³/mol. The Morgan fingerprint density at radius 3 is 2.71 bits per heavy atom. The Balaban J connectivity index is 1.94. The number of H-pyrrole nitrogens is 1. The molecule has 0 saturated heterocycles. The maximum atomic E-state index is 12.1. The van der Waals surface area contributed by atoms with Crippen molar-refractivity contribution in [2.24, 2.45) is 0 Å². The van der Waals surface area contributed by atoms with Crippen molar-refractivity contribution in [2.45, 2.75) is 38.0 Å². The quantitative estimate of drug-likeness (QED) is 0.805. The highest BCUT2D eigenvalue weighted by Gasteiger charge is 2.23. The van der Waals surface area contributed by atoms with E-state index >= 15 is 0 Å². The molecule has 1 heterocycles. The zero-order valence-corrected chi connectivity index (χ0v) is 14.7. The van der Waals surface area contributed by atoms with E-state index in [2.05, 4.69) is 42.9 Å². The summed E-state index contributed by atoms with van der Waals surface area (Å²) >= 11 is 6.88. The molecule has 21 heavy (non-hydrogen) atoms. The standard InChI is InChI=1S/C16H16Br2N2O/c17-12-7-3-4-10(8-12)9-13-19-15(11-5-1-2-6-11)14(18)16(21)20-13/h3-4,7-8,11H,1-2,5-6,9H2,(H,19,20,21). The van der Waals surface area contributed by atoms with Gasteiger partial charge in [0.1, 0.15) is 10.3 Å². The molecule has 0 spiro atoms. The molecule has 110 valence electrons. The lowest BCUT2D eigenvalue weighted by molar-refractivity contribution is 0.677. The molecule has 1 aliphatic carbocycles. The van der Waals surface area contributed by atoms with E-state index < -0.39 is 0 Å². The second-order valence-electron chi connectivity index (χ2n) is 5.50. The van der Waals surface area contributed by atoms with Gasteiger partial charge in [-0.3, -0.25) is 4.79 Å². The van der Waals surface area contributed by atoms with Crippen molar-refractivity contribution in [3.63, 3.8) is 0 Å². The van der Waals surface area contributed by atoms with Crippen LogP contribution in [0.4, 0.5) is 0 Å². The predicted octanol–water partition coefficient (Wildman–Crippen LogP) is 4.54. The third-order valence-electron chi connectivity index (χ3n) is 3.94. The summed E-state index contributed by atoms with van der Waals surface area (Å²) in [6, 6.07) is 8.08. The van der Waals surface area contributed by atoms with Gasteiger partial charge in [-0.1, -0.05) is 40.9 Å². The zero-order chi connectivity index (χ0) is 14.8. The second-order valence-corrected chi connectivity index (χ2v) is 7.21. The van der Waals surface area contributed by atoms with Crippen molar-refractivity contribution >= 4 is 31.9 Å². The number of aromatic amines is 1. The molecular formula is C16H16Br2N2O. The first-order valence-electron chi connectivity index (χ1n) is 7.16. The summed E-state index contributed by atoms with van der Waals surface area (Å²) in [5.41, 5.74) is 1.99. The number of nitrogens with zero attached hydrogens (tertiary/aromatic N) is 1. The van der Waals surface area contributed by atoms with Gasteiger partial charge in [0.25, 0.3) is 5.56 Å². The monoisotopic (exact) mass is 410 g/mol. The summed E-state index contributed by atoms with van der Waals surface area (Å²) in [6.45, 7) is 0. The van der Waals surface area contributed by atoms with Crippen molar-refractivity contribution in [3.8, 4) is 0 Å². The van der Waals surface area contributed by atoms with Crippen LogP contribution >= 0.6 is 31.9 Å². The Morgan fingerprint density at radius 2 is 2.00 bits per heavy atom. The zero-order valence-electron chi connectivity index (χ0n) is 11.5. The highest BCUT2D eigenvalue weighted by atomic mass is 79.9. The lowest BCUT2D eigenvalue weighted by Crippen LogP contribution is -2.17. The maximum Gasteiger partial charge on any atom is 0.265 e. The van der Waals surface area contributed by atoms with Crippen molar-refractivity contribution < 1.29 is 0 Å². The third kappa shape index (κ3) is 3.46. The van der Waals surface area contributed by atoms with Crippen LogP contribution in [0, 0.1) is 0 Å². The molecule has 0 atom stereocenters. The first-order valence-corrected chi connectivity index (χ1v) is 8.75. The van der Waals surface area contributed by atoms with E-state index in [1.165, 1.54) is 12.8 Å². The van der Waals surface area contributed by atoms with Gasteiger partial charge in [-0.2, -0.15) is 0 Å². The summed E-state index contributed by atoms with van der Waals surface area (Å²) in [6.07, 6.45) is 5.36. The Morgan fingerprint density at radius 1 is 1.24 bits per heavy atom. The lowest BCUT2D eigenvalue weighted by atomic mass is 10.0. The van der Waals surface area contributed by atoms with Crippen LogP contribution in [0.25, 0.3) is 0 Å². The van der Waals surface area contributed by atoms with Crippen LogP contribution in [0.2, 0.25) is 0 Å². The van der Waals surface area contributed by atoms with Crippen LogP contribution in [0.15, 0.2) is 38.0 Å². The molecule has 0 aliphatic heterocycles. The van der Waals surface area contributed by atoms with Crippen molar-refractivity contribution in [2.75, 3.05) is 0 Å². The van der Waals surface area contributed by atoms with E-state index in [-0.39, 0.29) is 5.56 Å². The molecule has 1 aromatic heterocycles. The average molecular weight is 412 g/mol. The Kier molecular flexibility index (Phi) is 4.60. The van der Waals surface area contributed by atoms with E-state index in [1.54, 1.807) is 0 Å². The Hall–Kier alpha value is -0.940. The molecule has 1 aliphatic rings. The number of rotatable bonds is 3. The Labute approximate surface area is 140 Å². The van der Waals surface area contributed by atoms with E-state index in [0.717, 1.165) is 34.4 Å². The average Bonchev–Trinajstić information content (AvgIpc) is 2.96. The summed E-state index contributed by atoms with van der Waals surface area (Å²) in [5.74, 6) is 1.16. The minimum Gasteiger partial charge on any atom is -0.309 e. The summed E-state index contributed by atoms with van der Waals surface area (Å²) in [7, 11) is 0. The van der Waals surface area contributed by atoms with Gasteiger partial charge in [0.2, 0.25) is 0 Å². The lowest BCUT2D eigenvalue weighted by Gasteiger charge is -2.12. The smallest absolute Gasteiger partial charge is 0.265 e. The first-order chi connectivity index (χ1) is 10.1. The van der Waals surface area contributed by atoms with Crippen LogP contribution in [-0.2, 0) is 6.42 Å². The minimum atomic E-state index is -0.0723. The van der Waals surface area contributed by atoms with Crippen LogP contribution in [0.5, 0.6) is 0 Å². The fraction of sp³-hybridized carbons (Fsp3) is 0.375. The van der Waals surface area contributed by atoms with Crippen LogP contribution in [-0.4, -0.2) is 9.97 Å². The minimum absolute atomic E-state index is 0.0723. The normalized spacial score (nSPS) is 15.5. The van der Waals surface area contributed by atoms with E-state index in [1.807, 2.05) is 18.2 Å². The highest BCUT2D eigenvalue weighted by molar-refractivity contribution is 9.10. The van der Waals surface area contributed by atoms with Gasteiger partial charge in [-0.15, -0.1) is 0 Å². The summed E-state index contributed by atoms with van der Waals surface area (Å²) in [4.78, 5) is 19.7. The van der Waals surface area contributed by atoms with Gasteiger partial charge in [-0.05, 0) is 46.5 Å². The van der Waals surface area contributed by atoms with Gasteiger partial charge in [0.15, 0.2) is 0 Å². The Bertz CT molecular complexity index is 706. The first kappa shape index (κ1) is 15.0. The topological polar surface area (TPSA) is 45.8 Å². The van der Waals surface area contributed by atoms with E-state index in [0.29, 0.717) is 16.8 Å². The number of hydrogen-bond donors (Lipinski definition) is 1. The summed E-state index contributed by atoms with van der Waals surface area (Å²) in [5, 5.41) is 0. The highest BCUT2D eigenvalue weighted by Crippen LogP contribution is 2.35. The summed E-state index contributed by atoms with van der Waals surface area (Å²) < 4.78 is 1.64. The molecule has 3 rings (SSSR count). The van der Waals surface area contributed by atoms with Crippen molar-refractivity contribution in [3.05, 3.63) is 60.6 Å². The van der Waals surface area contributed by atoms with E-state index in [9.17, 15) is 4.79 Å². The van der Waals surface area contributed by atoms with Gasteiger partial charge < -0.3 is 4.98 Å². The fourth-order valence-corrected chi connectivity index (χ4v) is 3.88. The van der Waals surface area contributed by atoms with Gasteiger partial charge in [0, 0.05) is 16.8 Å². The number of hydrogen-bond acceptors (Lipinski definition) is 2. The molecule has 1 aromatic carbocycles. The molecule has 1 N–H and O–H groups in total. The number of halogens is 2. The molecule has 0 amide bonds. The number of benzene rings is 1.